The van der Waals surface area contributed by atoms with Gasteiger partial charge in [0, 0.05) is 5.92 Å². The van der Waals surface area contributed by atoms with Crippen LogP contribution < -0.4 is 4.74 Å². The Balaban J connectivity index is 2.15. The van der Waals surface area contributed by atoms with Crippen molar-refractivity contribution in [3.05, 3.63) is 29.8 Å². The molecule has 1 aromatic carbocycles. The zero-order valence-corrected chi connectivity index (χ0v) is 8.49. The molecular formula is C12H14O2. The molecule has 1 saturated carbocycles. The van der Waals surface area contributed by atoms with Crippen molar-refractivity contribution in [2.75, 3.05) is 7.11 Å². The van der Waals surface area contributed by atoms with Crippen molar-refractivity contribution in [2.45, 2.75) is 19.3 Å². The number of carbonyl (C=O) groups is 1. The molecule has 0 amide bonds. The van der Waals surface area contributed by atoms with Gasteiger partial charge in [-0.1, -0.05) is 12.1 Å². The fourth-order valence-corrected chi connectivity index (χ4v) is 1.88. The number of methoxy groups -OCH3 is 1. The summed E-state index contributed by atoms with van der Waals surface area (Å²) in [6.45, 7) is 1.67. The molecule has 2 rings (SSSR count). The Morgan fingerprint density at radius 2 is 2.29 bits per heavy atom. The molecule has 0 N–H and O–H groups in total. The van der Waals surface area contributed by atoms with E-state index in [0.29, 0.717) is 11.7 Å². The van der Waals surface area contributed by atoms with E-state index in [1.165, 1.54) is 5.56 Å². The van der Waals surface area contributed by atoms with Crippen molar-refractivity contribution in [2.24, 2.45) is 5.92 Å². The van der Waals surface area contributed by atoms with Gasteiger partial charge in [-0.25, -0.2) is 0 Å². The van der Waals surface area contributed by atoms with E-state index in [0.717, 1.165) is 12.2 Å². The third-order valence-corrected chi connectivity index (χ3v) is 2.83. The maximum absolute atomic E-state index is 11.1. The Hall–Kier alpha value is -1.31. The van der Waals surface area contributed by atoms with Crippen molar-refractivity contribution in [1.82, 2.24) is 0 Å². The van der Waals surface area contributed by atoms with Crippen LogP contribution in [0, 0.1) is 5.92 Å². The Morgan fingerprint density at radius 1 is 1.50 bits per heavy atom. The number of ether oxygens (including phenoxy) is 1. The Morgan fingerprint density at radius 3 is 2.86 bits per heavy atom. The van der Waals surface area contributed by atoms with Gasteiger partial charge in [-0.15, -0.1) is 0 Å². The first-order valence-corrected chi connectivity index (χ1v) is 4.87. The molecule has 1 aromatic rings. The lowest BCUT2D eigenvalue weighted by Gasteiger charge is -2.02. The lowest BCUT2D eigenvalue weighted by Crippen LogP contribution is -1.94. The highest BCUT2D eigenvalue weighted by Gasteiger charge is 2.41. The second-order valence-corrected chi connectivity index (χ2v) is 3.84. The van der Waals surface area contributed by atoms with Crippen molar-refractivity contribution in [1.29, 1.82) is 0 Å². The molecule has 2 nitrogen and oxygen atoms in total. The molecule has 2 heteroatoms. The molecule has 0 spiro atoms. The highest BCUT2D eigenvalue weighted by atomic mass is 16.5. The SMILES string of the molecule is COc1cccc(C2C[C@@H]2C(C)=O)c1. The first-order valence-electron chi connectivity index (χ1n) is 4.87. The average Bonchev–Trinajstić information content (AvgIpc) is 2.97. The molecule has 1 fully saturated rings. The molecule has 1 aliphatic carbocycles. The summed E-state index contributed by atoms with van der Waals surface area (Å²) in [5.41, 5.74) is 1.23. The maximum Gasteiger partial charge on any atom is 0.133 e. The normalized spacial score (nSPS) is 24.4. The van der Waals surface area contributed by atoms with Crippen molar-refractivity contribution >= 4 is 5.78 Å². The highest BCUT2D eigenvalue weighted by molar-refractivity contribution is 5.82. The van der Waals surface area contributed by atoms with Crippen molar-refractivity contribution in [3.8, 4) is 5.75 Å². The summed E-state index contributed by atoms with van der Waals surface area (Å²) in [4.78, 5) is 11.1. The topological polar surface area (TPSA) is 26.3 Å². The minimum absolute atomic E-state index is 0.252. The van der Waals surface area contributed by atoms with Crippen LogP contribution in [0.1, 0.15) is 24.8 Å². The number of hydrogen-bond donors (Lipinski definition) is 0. The summed E-state index contributed by atoms with van der Waals surface area (Å²) >= 11 is 0. The van der Waals surface area contributed by atoms with Gasteiger partial charge in [0.1, 0.15) is 11.5 Å². The molecule has 0 heterocycles. The van der Waals surface area contributed by atoms with E-state index in [1.807, 2.05) is 18.2 Å². The Bertz CT molecular complexity index is 357. The van der Waals surface area contributed by atoms with Gasteiger partial charge in [-0.3, -0.25) is 4.79 Å². The summed E-state index contributed by atoms with van der Waals surface area (Å²) in [6, 6.07) is 7.99. The van der Waals surface area contributed by atoms with Gasteiger partial charge in [0.25, 0.3) is 0 Å². The van der Waals surface area contributed by atoms with E-state index in [-0.39, 0.29) is 5.92 Å². The molecule has 1 unspecified atom stereocenters. The number of Topliss-reactive ketones (excluding diaryl/α,β-unsaturated/α-hetero) is 1. The summed E-state index contributed by atoms with van der Waals surface area (Å²) < 4.78 is 5.14. The van der Waals surface area contributed by atoms with Crippen LogP contribution in [0.4, 0.5) is 0 Å². The quantitative estimate of drug-likeness (QED) is 0.731. The summed E-state index contributed by atoms with van der Waals surface area (Å²) in [5, 5.41) is 0. The van der Waals surface area contributed by atoms with Gasteiger partial charge in [0.2, 0.25) is 0 Å². The number of rotatable bonds is 3. The molecule has 0 aliphatic heterocycles. The lowest BCUT2D eigenvalue weighted by atomic mass is 10.1. The van der Waals surface area contributed by atoms with Crippen LogP contribution in [0.15, 0.2) is 24.3 Å². The van der Waals surface area contributed by atoms with Gasteiger partial charge in [-0.2, -0.15) is 0 Å². The molecule has 74 valence electrons. The van der Waals surface area contributed by atoms with Crippen LogP contribution in [0.2, 0.25) is 0 Å². The van der Waals surface area contributed by atoms with Crippen LogP contribution in [0.5, 0.6) is 5.75 Å². The van der Waals surface area contributed by atoms with Crippen LogP contribution >= 0.6 is 0 Å². The minimum Gasteiger partial charge on any atom is -0.497 e. The van der Waals surface area contributed by atoms with Crippen molar-refractivity contribution in [3.63, 3.8) is 0 Å². The third kappa shape index (κ3) is 1.65. The van der Waals surface area contributed by atoms with Gasteiger partial charge < -0.3 is 4.74 Å². The largest absolute Gasteiger partial charge is 0.497 e. The predicted molar refractivity (Wildman–Crippen MR) is 54.5 cm³/mol. The van der Waals surface area contributed by atoms with Gasteiger partial charge in [0.05, 0.1) is 7.11 Å². The second kappa shape index (κ2) is 3.45. The second-order valence-electron chi connectivity index (χ2n) is 3.84. The smallest absolute Gasteiger partial charge is 0.133 e. The minimum atomic E-state index is 0.252. The average molecular weight is 190 g/mol. The lowest BCUT2D eigenvalue weighted by molar-refractivity contribution is -0.118. The van der Waals surface area contributed by atoms with Gasteiger partial charge in [-0.05, 0) is 37.0 Å². The summed E-state index contributed by atoms with van der Waals surface area (Å²) in [6.07, 6.45) is 1.00. The van der Waals surface area contributed by atoms with E-state index >= 15 is 0 Å². The predicted octanol–water partition coefficient (Wildman–Crippen LogP) is 2.39. The maximum atomic E-state index is 11.1. The molecule has 2 atom stereocenters. The first kappa shape index (κ1) is 9.25. The van der Waals surface area contributed by atoms with Crippen LogP contribution in [-0.2, 0) is 4.79 Å². The van der Waals surface area contributed by atoms with E-state index in [4.69, 9.17) is 4.74 Å². The third-order valence-electron chi connectivity index (χ3n) is 2.83. The molecule has 0 bridgehead atoms. The molecule has 1 aliphatic rings. The molecule has 0 saturated heterocycles. The Labute approximate surface area is 83.9 Å². The first-order chi connectivity index (χ1) is 6.72. The van der Waals surface area contributed by atoms with Crippen LogP contribution in [0.3, 0.4) is 0 Å². The standard InChI is InChI=1S/C12H14O2/c1-8(13)11-7-12(11)9-4-3-5-10(6-9)14-2/h3-6,11-12H,7H2,1-2H3/t11-,12?/m1/s1. The Kier molecular flexibility index (Phi) is 2.28. The number of carbonyl (C=O) groups excluding carboxylic acids is 1. The van der Waals surface area contributed by atoms with E-state index < -0.39 is 0 Å². The molecule has 14 heavy (non-hydrogen) atoms. The molecular weight excluding hydrogens is 176 g/mol. The fourth-order valence-electron chi connectivity index (χ4n) is 1.88. The van der Waals surface area contributed by atoms with E-state index in [9.17, 15) is 4.79 Å². The zero-order valence-electron chi connectivity index (χ0n) is 8.49. The van der Waals surface area contributed by atoms with E-state index in [1.54, 1.807) is 14.0 Å². The van der Waals surface area contributed by atoms with Crippen LogP contribution in [0.25, 0.3) is 0 Å². The van der Waals surface area contributed by atoms with Crippen LogP contribution in [-0.4, -0.2) is 12.9 Å². The van der Waals surface area contributed by atoms with E-state index in [2.05, 4.69) is 6.07 Å². The monoisotopic (exact) mass is 190 g/mol. The number of benzene rings is 1. The summed E-state index contributed by atoms with van der Waals surface area (Å²) in [7, 11) is 1.66. The molecule has 0 radical (unpaired) electrons. The number of hydrogen-bond acceptors (Lipinski definition) is 2. The fraction of sp³-hybridized carbons (Fsp3) is 0.417. The zero-order chi connectivity index (χ0) is 10.1. The van der Waals surface area contributed by atoms with Crippen molar-refractivity contribution < 1.29 is 9.53 Å². The highest BCUT2D eigenvalue weighted by Crippen LogP contribution is 2.48. The van der Waals surface area contributed by atoms with Gasteiger partial charge >= 0.3 is 0 Å². The molecule has 0 aromatic heterocycles. The number of ketones is 1. The van der Waals surface area contributed by atoms with Gasteiger partial charge in [0.15, 0.2) is 0 Å². The summed E-state index contributed by atoms with van der Waals surface area (Å²) in [5.74, 6) is 1.86.